The van der Waals surface area contributed by atoms with Crippen LogP contribution in [0.1, 0.15) is 44.5 Å². The average Bonchev–Trinajstić information content (AvgIpc) is 1.68. The molecule has 0 fully saturated rings. The Labute approximate surface area is 519 Å². The molecule has 0 saturated carbocycles. The molecule has 13 heteroatoms. The minimum Gasteiger partial charge on any atom is -0.123 e. The zero-order chi connectivity index (χ0) is 60.8. The Bertz CT molecular complexity index is 4320. The number of halogens is 10. The molecule has 87 heavy (non-hydrogen) atoms. The summed E-state index contributed by atoms with van der Waals surface area (Å²) >= 11 is 0. The summed E-state index contributed by atoms with van der Waals surface area (Å²) in [6.45, 7) is 5.62. The quantitative estimate of drug-likeness (QED) is 0.0243. The number of aryl methyl sites for hydroxylation is 1. The van der Waals surface area contributed by atoms with E-state index in [2.05, 4.69) is 171 Å². The molecule has 12 rings (SSSR count). The fourth-order valence-electron chi connectivity index (χ4n) is 10.4. The summed E-state index contributed by atoms with van der Waals surface area (Å²) in [6, 6.07) is 72.7. The molecule has 11 aromatic carbocycles. The molecule has 0 amide bonds. The maximum absolute atomic E-state index is 15.4. The maximum Gasteiger partial charge on any atom is 2.00 e. The number of allylic oxidation sites excluding steroid dienone is 3. The Morgan fingerprint density at radius 1 is 0.437 bits per heavy atom. The molecule has 1 aliphatic rings. The number of rotatable bonds is 10. The van der Waals surface area contributed by atoms with Crippen LogP contribution in [0.2, 0.25) is 13.1 Å². The predicted molar refractivity (Wildman–Crippen MR) is 332 cm³/mol. The molecule has 0 saturated heterocycles. The number of benzene rings is 10. The van der Waals surface area contributed by atoms with Crippen LogP contribution in [0.15, 0.2) is 230 Å². The van der Waals surface area contributed by atoms with Crippen molar-refractivity contribution in [2.45, 2.75) is 20.0 Å². The Hall–Kier alpha value is -8.77. The predicted octanol–water partition coefficient (Wildman–Crippen LogP) is 19.7. The molecule has 0 bridgehead atoms. The van der Waals surface area contributed by atoms with Crippen molar-refractivity contribution in [2.75, 3.05) is 0 Å². The molecule has 425 valence electrons. The molecular formula is C74H48BF10SiZr. The van der Waals surface area contributed by atoms with Crippen molar-refractivity contribution in [3.63, 3.8) is 0 Å². The van der Waals surface area contributed by atoms with Crippen molar-refractivity contribution in [1.82, 2.24) is 0 Å². The summed E-state index contributed by atoms with van der Waals surface area (Å²) in [7, 11) is 4.88. The normalized spacial score (nSPS) is 12.0. The molecule has 1 aliphatic carbocycles. The van der Waals surface area contributed by atoms with Crippen LogP contribution in [-0.2, 0) is 26.2 Å². The summed E-state index contributed by atoms with van der Waals surface area (Å²) < 4.78 is 147. The average molecular weight is 1260 g/mol. The molecule has 0 heterocycles. The minimum absolute atomic E-state index is 0. The number of hydrogen-bond donors (Lipinski definition) is 0. The van der Waals surface area contributed by atoms with Gasteiger partial charge in [0, 0.05) is 0 Å². The van der Waals surface area contributed by atoms with Crippen molar-refractivity contribution >= 4 is 60.6 Å². The van der Waals surface area contributed by atoms with E-state index in [1.165, 1.54) is 74.6 Å². The molecule has 0 aromatic heterocycles. The fraction of sp³-hybridized carbons (Fsp3) is 0.0405. The van der Waals surface area contributed by atoms with Crippen LogP contribution in [-0.4, -0.2) is 27.0 Å². The third-order valence-electron chi connectivity index (χ3n) is 14.3. The van der Waals surface area contributed by atoms with Crippen LogP contribution in [0.3, 0.4) is 0 Å². The van der Waals surface area contributed by atoms with Gasteiger partial charge in [0.1, 0.15) is 0 Å². The molecule has 0 nitrogen and oxygen atoms in total. The van der Waals surface area contributed by atoms with Gasteiger partial charge in [-0.25, -0.2) is 0 Å². The summed E-state index contributed by atoms with van der Waals surface area (Å²) in [4.78, 5) is 0. The summed E-state index contributed by atoms with van der Waals surface area (Å²) in [5.74, 6) is -22.6. The molecule has 0 aliphatic heterocycles. The fourth-order valence-corrected chi connectivity index (χ4v) is 11.3. The topological polar surface area (TPSA) is 0 Å². The second-order valence-electron chi connectivity index (χ2n) is 20.4. The van der Waals surface area contributed by atoms with Crippen LogP contribution < -0.4 is 0 Å². The van der Waals surface area contributed by atoms with Gasteiger partial charge in [0.2, 0.25) is 0 Å². The second kappa shape index (κ2) is 27.7. The molecule has 0 spiro atoms. The van der Waals surface area contributed by atoms with E-state index in [-0.39, 0.29) is 59.5 Å². The SMILES string of the molecule is Cc1cc2c(-c3ccccc3)cccc2[cH-]1.[B]=C1C(C=[Si](C)C)=C(c2c(F)c(F)c(F)c(F)c2F)c2c1ccc(-c1c(F)c(F)c(F)c(F)c1F)c2-c1ccccc1.[C-](=C(C(=Cc1ccccc1)c1ccccc1)c1ccccc1)c1ccccc1.[Zr+2]. The minimum atomic E-state index is -2.41. The van der Waals surface area contributed by atoms with Gasteiger partial charge >= 0.3 is 261 Å². The van der Waals surface area contributed by atoms with E-state index in [4.69, 9.17) is 7.49 Å². The first kappa shape index (κ1) is 62.8. The van der Waals surface area contributed by atoms with E-state index in [9.17, 15) is 26.3 Å². The first-order chi connectivity index (χ1) is 41.5. The summed E-state index contributed by atoms with van der Waals surface area (Å²) in [5.41, 5.74) is 7.44. The van der Waals surface area contributed by atoms with E-state index in [0.29, 0.717) is 0 Å². The molecule has 1 radical (unpaired) electrons. The van der Waals surface area contributed by atoms with Crippen LogP contribution in [0.5, 0.6) is 0 Å². The summed E-state index contributed by atoms with van der Waals surface area (Å²) in [6.07, 6.45) is 5.91. The van der Waals surface area contributed by atoms with Crippen molar-refractivity contribution in [1.29, 1.82) is 0 Å². The van der Waals surface area contributed by atoms with Gasteiger partial charge in [0.15, 0.2) is 0 Å². The van der Waals surface area contributed by atoms with Gasteiger partial charge in [-0.3, -0.25) is 0 Å². The van der Waals surface area contributed by atoms with Crippen LogP contribution >= 0.6 is 0 Å². The van der Waals surface area contributed by atoms with E-state index >= 15 is 17.6 Å². The zero-order valence-electron chi connectivity index (χ0n) is 46.9. The van der Waals surface area contributed by atoms with Gasteiger partial charge in [0.05, 0.1) is 0 Å². The van der Waals surface area contributed by atoms with Crippen LogP contribution in [0.4, 0.5) is 43.9 Å². The molecular weight excluding hydrogens is 1210 g/mol. The van der Waals surface area contributed by atoms with Crippen LogP contribution in [0, 0.1) is 71.2 Å². The zero-order valence-corrected chi connectivity index (χ0v) is 50.3. The van der Waals surface area contributed by atoms with Gasteiger partial charge in [-0.15, -0.1) is 63.9 Å². The van der Waals surface area contributed by atoms with Crippen LogP contribution in [0.25, 0.3) is 66.9 Å². The third-order valence-corrected chi connectivity index (χ3v) is 15.2. The molecule has 0 atom stereocenters. The Morgan fingerprint density at radius 2 is 0.885 bits per heavy atom. The van der Waals surface area contributed by atoms with E-state index in [0.717, 1.165) is 34.4 Å². The van der Waals surface area contributed by atoms with Crippen molar-refractivity contribution in [3.05, 3.63) is 339 Å². The number of hydrogen-bond acceptors (Lipinski definition) is 0. The van der Waals surface area contributed by atoms with Gasteiger partial charge in [0.25, 0.3) is 0 Å². The van der Waals surface area contributed by atoms with Crippen molar-refractivity contribution in [3.8, 4) is 33.4 Å². The third kappa shape index (κ3) is 13.2. The van der Waals surface area contributed by atoms with Gasteiger partial charge in [-0.1, -0.05) is 181 Å². The molecule has 0 N–H and O–H groups in total. The first-order valence-corrected chi connectivity index (χ1v) is 29.7. The smallest absolute Gasteiger partial charge is 0.123 e. The molecule has 11 aromatic rings. The van der Waals surface area contributed by atoms with E-state index in [1.54, 1.807) is 13.1 Å². The first-order valence-electron chi connectivity index (χ1n) is 27.1. The van der Waals surface area contributed by atoms with Crippen molar-refractivity contribution in [2.24, 2.45) is 0 Å². The van der Waals surface area contributed by atoms with E-state index < -0.39 is 88.8 Å². The van der Waals surface area contributed by atoms with Gasteiger partial charge in [-0.2, -0.15) is 6.07 Å². The Kier molecular flexibility index (Phi) is 20.0. The molecule has 0 unspecified atom stereocenters. The van der Waals surface area contributed by atoms with Crippen molar-refractivity contribution < 1.29 is 70.1 Å². The summed E-state index contributed by atoms with van der Waals surface area (Å²) in [5, 5.41) is 2.69. The second-order valence-corrected chi connectivity index (χ2v) is 22.8. The van der Waals surface area contributed by atoms with Gasteiger partial charge in [-0.05, 0) is 11.1 Å². The number of fused-ring (bicyclic) bond motifs is 2. The van der Waals surface area contributed by atoms with E-state index in [1.807, 2.05) is 30.3 Å². The standard InChI is InChI=1S/C30H14BF10Si.C28H21.C16H13.Zr/c1-42(2)10-14-17(19-23(34)27(38)30(41)28(39)24(19)35)16-13(20(14)31)9-8-12(15(16)11-6-4-3-5-7-11)18-21(32)25(36)29(40)26(37)22(18)33;1-5-13-23(14-6-1)21-27(25-17-9-3-10-18-25)28(26-19-11-4-12-20-26)22-24-15-7-2-8-16-24;1-12-10-14-8-5-9-15(16(14)11-12)13-6-3-2-4-7-13;/h3-10H,1-2H3;1-21H;2-11H,1H3;/q;2*-1;+2. The monoisotopic (exact) mass is 1260 g/mol. The maximum atomic E-state index is 15.4. The largest absolute Gasteiger partial charge is 2.00 e. The Balaban J connectivity index is 0.000000171. The van der Waals surface area contributed by atoms with Gasteiger partial charge < -0.3 is 0 Å². The Morgan fingerprint density at radius 3 is 1.41 bits per heavy atom.